The molecule has 2 aliphatic heterocycles. The number of cyclic esters (lactones) is 1. The zero-order valence-electron chi connectivity index (χ0n) is 15.7. The number of nitrogens with zero attached hydrogens (tertiary/aromatic N) is 1. The molecule has 0 spiro atoms. The fourth-order valence-corrected chi connectivity index (χ4v) is 4.43. The Morgan fingerprint density at radius 1 is 1.29 bits per heavy atom. The third-order valence-corrected chi connectivity index (χ3v) is 6.01. The predicted octanol–water partition coefficient (Wildman–Crippen LogP) is 1.88. The summed E-state index contributed by atoms with van der Waals surface area (Å²) in [6.45, 7) is 0.0621. The van der Waals surface area contributed by atoms with Crippen molar-refractivity contribution in [1.29, 1.82) is 0 Å². The van der Waals surface area contributed by atoms with Crippen LogP contribution in [0.1, 0.15) is 24.8 Å². The van der Waals surface area contributed by atoms with Gasteiger partial charge in [0.2, 0.25) is 0 Å². The molecule has 1 aromatic carbocycles. The van der Waals surface area contributed by atoms with Crippen molar-refractivity contribution < 1.29 is 28.6 Å². The number of methoxy groups -OCH3 is 1. The molecule has 1 amide bonds. The Bertz CT molecular complexity index is 701. The molecule has 1 unspecified atom stereocenters. The van der Waals surface area contributed by atoms with Crippen LogP contribution in [0, 0.1) is 0 Å². The topological polar surface area (TPSA) is 94.2 Å². The largest absolute Gasteiger partial charge is 0.468 e. The lowest BCUT2D eigenvalue weighted by molar-refractivity contribution is -0.142. The normalized spacial score (nSPS) is 24.1. The minimum absolute atomic E-state index is 0.0854. The molecule has 0 radical (unpaired) electrons. The Kier molecular flexibility index (Phi) is 7.16. The summed E-state index contributed by atoms with van der Waals surface area (Å²) < 4.78 is 15.1. The summed E-state index contributed by atoms with van der Waals surface area (Å²) in [5.41, 5.74) is 0.878. The molecule has 28 heavy (non-hydrogen) atoms. The molecule has 9 heteroatoms. The van der Waals surface area contributed by atoms with Gasteiger partial charge in [0.05, 0.1) is 12.5 Å². The first-order valence-electron chi connectivity index (χ1n) is 9.18. The number of carbonyl (C=O) groups excluding carboxylic acids is 3. The highest BCUT2D eigenvalue weighted by molar-refractivity contribution is 8.00. The van der Waals surface area contributed by atoms with Gasteiger partial charge in [0.1, 0.15) is 18.7 Å². The fourth-order valence-electron chi connectivity index (χ4n) is 3.18. The Morgan fingerprint density at radius 3 is 2.82 bits per heavy atom. The number of amides is 1. The second kappa shape index (κ2) is 9.79. The number of ether oxygens (including phenoxy) is 3. The maximum atomic E-state index is 12.3. The van der Waals surface area contributed by atoms with Gasteiger partial charge >= 0.3 is 18.0 Å². The molecule has 1 N–H and O–H groups in total. The highest BCUT2D eigenvalue weighted by Crippen LogP contribution is 2.26. The minimum Gasteiger partial charge on any atom is -0.468 e. The Labute approximate surface area is 167 Å². The lowest BCUT2D eigenvalue weighted by atomic mass is 10.1. The van der Waals surface area contributed by atoms with Crippen molar-refractivity contribution in [3.63, 3.8) is 0 Å². The Morgan fingerprint density at radius 2 is 2.07 bits per heavy atom. The molecule has 0 aliphatic carbocycles. The van der Waals surface area contributed by atoms with Gasteiger partial charge in [0.15, 0.2) is 6.73 Å². The van der Waals surface area contributed by atoms with Gasteiger partial charge in [-0.3, -0.25) is 15.0 Å². The summed E-state index contributed by atoms with van der Waals surface area (Å²) in [7, 11) is 1.37. The number of carbonyl (C=O) groups is 3. The predicted molar refractivity (Wildman–Crippen MR) is 102 cm³/mol. The number of thioether (sulfide) groups is 1. The van der Waals surface area contributed by atoms with Crippen LogP contribution in [-0.2, 0) is 30.4 Å². The van der Waals surface area contributed by atoms with Crippen molar-refractivity contribution in [1.82, 2.24) is 10.2 Å². The molecule has 3 atom stereocenters. The van der Waals surface area contributed by atoms with Gasteiger partial charge in [-0.15, -0.1) is 11.8 Å². The van der Waals surface area contributed by atoms with Crippen LogP contribution in [0.4, 0.5) is 4.79 Å². The van der Waals surface area contributed by atoms with Crippen LogP contribution in [-0.4, -0.2) is 60.0 Å². The Balaban J connectivity index is 1.44. The molecule has 8 nitrogen and oxygen atoms in total. The van der Waals surface area contributed by atoms with Crippen molar-refractivity contribution in [3.8, 4) is 0 Å². The average Bonchev–Trinajstić information content (AvgIpc) is 3.34. The van der Waals surface area contributed by atoms with Crippen molar-refractivity contribution in [2.24, 2.45) is 0 Å². The van der Waals surface area contributed by atoms with E-state index in [0.717, 1.165) is 12.0 Å². The summed E-state index contributed by atoms with van der Waals surface area (Å²) in [5, 5.41) is 3.34. The van der Waals surface area contributed by atoms with E-state index in [1.165, 1.54) is 12.0 Å². The van der Waals surface area contributed by atoms with E-state index in [0.29, 0.717) is 18.6 Å². The number of rotatable bonds is 7. The lowest BCUT2D eigenvalue weighted by Crippen LogP contribution is -2.39. The molecule has 2 aliphatic rings. The third-order valence-electron chi connectivity index (χ3n) is 4.71. The molecule has 152 valence electrons. The van der Waals surface area contributed by atoms with Crippen LogP contribution >= 0.6 is 11.8 Å². The van der Waals surface area contributed by atoms with Crippen LogP contribution in [0.5, 0.6) is 0 Å². The zero-order valence-corrected chi connectivity index (χ0v) is 16.5. The molecule has 2 saturated heterocycles. The van der Waals surface area contributed by atoms with Crippen molar-refractivity contribution in [2.45, 2.75) is 43.3 Å². The SMILES string of the molecule is COC(=O)[C@@H]1CSC(CCC[C@H]2C(=O)OCN2C(=O)OCc2ccccc2)N1. The number of benzene rings is 1. The molecule has 0 aromatic heterocycles. The van der Waals surface area contributed by atoms with E-state index in [-0.39, 0.29) is 30.7 Å². The second-order valence-corrected chi connectivity index (χ2v) is 7.85. The molecule has 2 fully saturated rings. The van der Waals surface area contributed by atoms with Gasteiger partial charge in [0.25, 0.3) is 0 Å². The van der Waals surface area contributed by atoms with Gasteiger partial charge in [-0.1, -0.05) is 30.3 Å². The first kappa shape index (κ1) is 20.5. The van der Waals surface area contributed by atoms with Crippen LogP contribution < -0.4 is 5.32 Å². The average molecular weight is 408 g/mol. The van der Waals surface area contributed by atoms with Gasteiger partial charge in [-0.2, -0.15) is 0 Å². The number of nitrogens with one attached hydrogen (secondary N) is 1. The maximum Gasteiger partial charge on any atom is 0.413 e. The first-order chi connectivity index (χ1) is 13.6. The van der Waals surface area contributed by atoms with Crippen molar-refractivity contribution in [2.75, 3.05) is 19.6 Å². The maximum absolute atomic E-state index is 12.3. The van der Waals surface area contributed by atoms with E-state index < -0.39 is 18.1 Å². The highest BCUT2D eigenvalue weighted by Gasteiger charge is 2.39. The first-order valence-corrected chi connectivity index (χ1v) is 10.2. The van der Waals surface area contributed by atoms with E-state index in [9.17, 15) is 14.4 Å². The van der Waals surface area contributed by atoms with Gasteiger partial charge < -0.3 is 14.2 Å². The second-order valence-electron chi connectivity index (χ2n) is 6.61. The van der Waals surface area contributed by atoms with E-state index in [1.54, 1.807) is 11.8 Å². The van der Waals surface area contributed by atoms with Crippen LogP contribution in [0.3, 0.4) is 0 Å². The van der Waals surface area contributed by atoms with E-state index in [1.807, 2.05) is 30.3 Å². The van der Waals surface area contributed by atoms with Gasteiger partial charge in [-0.25, -0.2) is 9.59 Å². The molecule has 1 aromatic rings. The van der Waals surface area contributed by atoms with E-state index >= 15 is 0 Å². The smallest absolute Gasteiger partial charge is 0.413 e. The minimum atomic E-state index is -0.633. The van der Waals surface area contributed by atoms with Crippen LogP contribution in [0.15, 0.2) is 30.3 Å². The third kappa shape index (κ3) is 5.17. The summed E-state index contributed by atoms with van der Waals surface area (Å²) in [6.07, 6.45) is 1.41. The number of hydrogen-bond acceptors (Lipinski definition) is 8. The monoisotopic (exact) mass is 408 g/mol. The number of hydrogen-bond donors (Lipinski definition) is 1. The van der Waals surface area contributed by atoms with Crippen molar-refractivity contribution >= 4 is 29.8 Å². The quantitative estimate of drug-likeness (QED) is 0.540. The molecule has 0 saturated carbocycles. The van der Waals surface area contributed by atoms with Crippen LogP contribution in [0.2, 0.25) is 0 Å². The summed E-state index contributed by atoms with van der Waals surface area (Å²) in [6, 6.07) is 8.43. The molecule has 2 heterocycles. The zero-order chi connectivity index (χ0) is 19.9. The Hall–Kier alpha value is -2.26. The highest BCUT2D eigenvalue weighted by atomic mass is 32.2. The lowest BCUT2D eigenvalue weighted by Gasteiger charge is -2.20. The van der Waals surface area contributed by atoms with Crippen molar-refractivity contribution in [3.05, 3.63) is 35.9 Å². The number of esters is 2. The fraction of sp³-hybridized carbons (Fsp3) is 0.526. The van der Waals surface area contributed by atoms with E-state index in [2.05, 4.69) is 5.32 Å². The molecule has 0 bridgehead atoms. The van der Waals surface area contributed by atoms with Crippen LogP contribution in [0.25, 0.3) is 0 Å². The summed E-state index contributed by atoms with van der Waals surface area (Å²) in [5.74, 6) is -0.00126. The molecular weight excluding hydrogens is 384 g/mol. The summed E-state index contributed by atoms with van der Waals surface area (Å²) >= 11 is 1.66. The van der Waals surface area contributed by atoms with E-state index in [4.69, 9.17) is 14.2 Å². The van der Waals surface area contributed by atoms with Gasteiger partial charge in [-0.05, 0) is 24.8 Å². The van der Waals surface area contributed by atoms with Gasteiger partial charge in [0, 0.05) is 5.75 Å². The standard InChI is InChI=1S/C19H24N2O6S/c1-25-17(22)14-11-28-16(20-14)9-5-8-15-18(23)27-12-21(15)19(24)26-10-13-6-3-2-4-7-13/h2-4,6-7,14-16,20H,5,8-12H2,1H3/t14-,15-,16?/m0/s1. The molecule has 3 rings (SSSR count). The summed E-state index contributed by atoms with van der Waals surface area (Å²) in [4.78, 5) is 37.2. The molecular formula is C19H24N2O6S.